The van der Waals surface area contributed by atoms with E-state index < -0.39 is 0 Å². The number of benzene rings is 1. The Morgan fingerprint density at radius 2 is 2.32 bits per heavy atom. The quantitative estimate of drug-likeness (QED) is 0.835. The second kappa shape index (κ2) is 5.76. The first-order valence-corrected chi connectivity index (χ1v) is 7.21. The SMILES string of the molecule is Cc1cccc2c1ccn2CCNCC1CCCO1. The van der Waals surface area contributed by atoms with Gasteiger partial charge in [0.25, 0.3) is 0 Å². The molecule has 3 rings (SSSR count). The van der Waals surface area contributed by atoms with Crippen molar-refractivity contribution in [2.45, 2.75) is 32.4 Å². The van der Waals surface area contributed by atoms with Gasteiger partial charge in [0.1, 0.15) is 0 Å². The average Bonchev–Trinajstić information content (AvgIpc) is 3.05. The van der Waals surface area contributed by atoms with E-state index in [-0.39, 0.29) is 0 Å². The summed E-state index contributed by atoms with van der Waals surface area (Å²) in [5, 5.41) is 4.86. The van der Waals surface area contributed by atoms with Crippen LogP contribution in [0, 0.1) is 6.92 Å². The number of hydrogen-bond acceptors (Lipinski definition) is 2. The van der Waals surface area contributed by atoms with E-state index >= 15 is 0 Å². The number of nitrogens with zero attached hydrogens (tertiary/aromatic N) is 1. The van der Waals surface area contributed by atoms with Crippen molar-refractivity contribution in [2.24, 2.45) is 0 Å². The molecule has 1 aromatic heterocycles. The molecule has 2 aromatic rings. The van der Waals surface area contributed by atoms with Gasteiger partial charge < -0.3 is 14.6 Å². The van der Waals surface area contributed by atoms with E-state index in [1.165, 1.54) is 29.3 Å². The Labute approximate surface area is 114 Å². The van der Waals surface area contributed by atoms with Crippen molar-refractivity contribution in [2.75, 3.05) is 19.7 Å². The van der Waals surface area contributed by atoms with Crippen molar-refractivity contribution in [1.29, 1.82) is 0 Å². The summed E-state index contributed by atoms with van der Waals surface area (Å²) in [5.74, 6) is 0. The first-order chi connectivity index (χ1) is 9.34. The third kappa shape index (κ3) is 2.82. The molecule has 102 valence electrons. The number of nitrogens with one attached hydrogen (secondary N) is 1. The normalized spacial score (nSPS) is 19.3. The van der Waals surface area contributed by atoms with Crippen molar-refractivity contribution in [3.8, 4) is 0 Å². The van der Waals surface area contributed by atoms with Crippen molar-refractivity contribution < 1.29 is 4.74 Å². The first kappa shape index (κ1) is 12.7. The predicted molar refractivity (Wildman–Crippen MR) is 78.5 cm³/mol. The van der Waals surface area contributed by atoms with E-state index in [9.17, 15) is 0 Å². The molecule has 0 amide bonds. The van der Waals surface area contributed by atoms with Gasteiger partial charge in [-0.2, -0.15) is 0 Å². The van der Waals surface area contributed by atoms with E-state index in [0.717, 1.165) is 26.2 Å². The standard InChI is InChI=1S/C16H22N2O/c1-13-4-2-6-16-15(13)7-9-18(16)10-8-17-12-14-5-3-11-19-14/h2,4,6-7,9,14,17H,3,5,8,10-12H2,1H3. The maximum atomic E-state index is 5.61. The minimum atomic E-state index is 0.434. The molecular formula is C16H22N2O. The third-order valence-electron chi connectivity index (χ3n) is 3.96. The fourth-order valence-electron chi connectivity index (χ4n) is 2.84. The van der Waals surface area contributed by atoms with E-state index in [1.54, 1.807) is 0 Å². The van der Waals surface area contributed by atoms with Gasteiger partial charge in [0.15, 0.2) is 0 Å². The van der Waals surface area contributed by atoms with Gasteiger partial charge in [-0.3, -0.25) is 0 Å². The summed E-state index contributed by atoms with van der Waals surface area (Å²) >= 11 is 0. The Kier molecular flexibility index (Phi) is 3.85. The minimum Gasteiger partial charge on any atom is -0.377 e. The summed E-state index contributed by atoms with van der Waals surface area (Å²) in [6.07, 6.45) is 5.04. The molecule has 3 nitrogen and oxygen atoms in total. The summed E-state index contributed by atoms with van der Waals surface area (Å²) in [4.78, 5) is 0. The molecule has 19 heavy (non-hydrogen) atoms. The smallest absolute Gasteiger partial charge is 0.0700 e. The van der Waals surface area contributed by atoms with Crippen LogP contribution in [0.2, 0.25) is 0 Å². The zero-order chi connectivity index (χ0) is 13.1. The van der Waals surface area contributed by atoms with Crippen LogP contribution in [0.25, 0.3) is 10.9 Å². The molecule has 1 aliphatic rings. The average molecular weight is 258 g/mol. The van der Waals surface area contributed by atoms with Crippen molar-refractivity contribution in [3.05, 3.63) is 36.0 Å². The number of hydrogen-bond donors (Lipinski definition) is 1. The molecule has 0 saturated carbocycles. The van der Waals surface area contributed by atoms with E-state index in [0.29, 0.717) is 6.10 Å². The highest BCUT2D eigenvalue weighted by molar-refractivity contribution is 5.83. The monoisotopic (exact) mass is 258 g/mol. The minimum absolute atomic E-state index is 0.434. The molecule has 0 spiro atoms. The van der Waals surface area contributed by atoms with Gasteiger partial charge in [-0.25, -0.2) is 0 Å². The zero-order valence-corrected chi connectivity index (χ0v) is 11.6. The molecule has 0 aliphatic carbocycles. The van der Waals surface area contributed by atoms with Crippen molar-refractivity contribution in [1.82, 2.24) is 9.88 Å². The number of aryl methyl sites for hydroxylation is 1. The molecule has 1 fully saturated rings. The molecule has 0 radical (unpaired) electrons. The zero-order valence-electron chi connectivity index (χ0n) is 11.6. The summed E-state index contributed by atoms with van der Waals surface area (Å²) in [7, 11) is 0. The lowest BCUT2D eigenvalue weighted by molar-refractivity contribution is 0.110. The van der Waals surface area contributed by atoms with Gasteiger partial charge >= 0.3 is 0 Å². The molecule has 1 saturated heterocycles. The van der Waals surface area contributed by atoms with E-state index in [1.807, 2.05) is 0 Å². The van der Waals surface area contributed by atoms with Crippen LogP contribution in [-0.4, -0.2) is 30.4 Å². The van der Waals surface area contributed by atoms with Gasteiger partial charge in [-0.05, 0) is 37.5 Å². The molecular weight excluding hydrogens is 236 g/mol. The Balaban J connectivity index is 1.55. The molecule has 1 unspecified atom stereocenters. The molecule has 1 aliphatic heterocycles. The Hall–Kier alpha value is -1.32. The lowest BCUT2D eigenvalue weighted by Crippen LogP contribution is -2.28. The number of aromatic nitrogens is 1. The van der Waals surface area contributed by atoms with Gasteiger partial charge in [0, 0.05) is 43.3 Å². The van der Waals surface area contributed by atoms with Crippen LogP contribution in [0.4, 0.5) is 0 Å². The Morgan fingerprint density at radius 1 is 1.37 bits per heavy atom. The topological polar surface area (TPSA) is 26.2 Å². The largest absolute Gasteiger partial charge is 0.377 e. The van der Waals surface area contributed by atoms with Crippen LogP contribution in [0.3, 0.4) is 0 Å². The second-order valence-electron chi connectivity index (χ2n) is 5.36. The Bertz CT molecular complexity index is 541. The molecule has 1 atom stereocenters. The number of fused-ring (bicyclic) bond motifs is 1. The highest BCUT2D eigenvalue weighted by Crippen LogP contribution is 2.19. The molecule has 3 heteroatoms. The maximum Gasteiger partial charge on any atom is 0.0700 e. The van der Waals surface area contributed by atoms with E-state index in [4.69, 9.17) is 4.74 Å². The van der Waals surface area contributed by atoms with Crippen LogP contribution in [0.1, 0.15) is 18.4 Å². The fraction of sp³-hybridized carbons (Fsp3) is 0.500. The van der Waals surface area contributed by atoms with Crippen LogP contribution >= 0.6 is 0 Å². The number of ether oxygens (including phenoxy) is 1. The van der Waals surface area contributed by atoms with E-state index in [2.05, 4.69) is 47.3 Å². The number of rotatable bonds is 5. The van der Waals surface area contributed by atoms with Gasteiger partial charge in [0.2, 0.25) is 0 Å². The maximum absolute atomic E-state index is 5.61. The predicted octanol–water partition coefficient (Wildman–Crippen LogP) is 2.72. The second-order valence-corrected chi connectivity index (χ2v) is 5.36. The van der Waals surface area contributed by atoms with Gasteiger partial charge in [-0.15, -0.1) is 0 Å². The summed E-state index contributed by atoms with van der Waals surface area (Å²) in [6, 6.07) is 8.71. The summed E-state index contributed by atoms with van der Waals surface area (Å²) < 4.78 is 7.93. The van der Waals surface area contributed by atoms with Crippen molar-refractivity contribution >= 4 is 10.9 Å². The summed E-state index contributed by atoms with van der Waals surface area (Å²) in [6.45, 7) is 6.10. The van der Waals surface area contributed by atoms with Crippen LogP contribution in [-0.2, 0) is 11.3 Å². The van der Waals surface area contributed by atoms with Gasteiger partial charge in [-0.1, -0.05) is 12.1 Å². The lowest BCUT2D eigenvalue weighted by atomic mass is 10.1. The van der Waals surface area contributed by atoms with Crippen LogP contribution in [0.5, 0.6) is 0 Å². The van der Waals surface area contributed by atoms with Crippen LogP contribution in [0.15, 0.2) is 30.5 Å². The third-order valence-corrected chi connectivity index (χ3v) is 3.96. The lowest BCUT2D eigenvalue weighted by Gasteiger charge is -2.11. The van der Waals surface area contributed by atoms with Crippen molar-refractivity contribution in [3.63, 3.8) is 0 Å². The Morgan fingerprint density at radius 3 is 3.16 bits per heavy atom. The molecule has 0 bridgehead atoms. The highest BCUT2D eigenvalue weighted by atomic mass is 16.5. The summed E-state index contributed by atoms with van der Waals surface area (Å²) in [5.41, 5.74) is 2.68. The molecule has 1 aromatic carbocycles. The van der Waals surface area contributed by atoms with Gasteiger partial charge in [0.05, 0.1) is 6.10 Å². The molecule has 1 N–H and O–H groups in total. The van der Waals surface area contributed by atoms with Crippen LogP contribution < -0.4 is 5.32 Å². The molecule has 2 heterocycles. The first-order valence-electron chi connectivity index (χ1n) is 7.21. The highest BCUT2D eigenvalue weighted by Gasteiger charge is 2.14. The fourth-order valence-corrected chi connectivity index (χ4v) is 2.84.